The number of likely N-dealkylation sites (N-methyl/N-ethyl adjacent to an activating group) is 1. The van der Waals surface area contributed by atoms with Crippen molar-refractivity contribution >= 4 is 53.1 Å². The lowest BCUT2D eigenvalue weighted by atomic mass is 10.2. The van der Waals surface area contributed by atoms with Crippen LogP contribution in [0.4, 0.5) is 5.69 Å². The highest BCUT2D eigenvalue weighted by Gasteiger charge is 2.04. The molecule has 0 aliphatic carbocycles. The van der Waals surface area contributed by atoms with Crippen molar-refractivity contribution in [1.29, 1.82) is 0 Å². The van der Waals surface area contributed by atoms with Crippen LogP contribution in [0.1, 0.15) is 19.3 Å². The van der Waals surface area contributed by atoms with Crippen LogP contribution in [0.2, 0.25) is 5.02 Å². The summed E-state index contributed by atoms with van der Waals surface area (Å²) in [5, 5.41) is 10.0. The molecule has 1 rings (SSSR count). The first-order chi connectivity index (χ1) is 13.0. The van der Waals surface area contributed by atoms with E-state index in [1.165, 1.54) is 0 Å². The van der Waals surface area contributed by atoms with E-state index >= 15 is 0 Å². The van der Waals surface area contributed by atoms with Gasteiger partial charge in [-0.05, 0) is 44.2 Å². The molecular weight excluding hydrogens is 493 g/mol. The van der Waals surface area contributed by atoms with Gasteiger partial charge in [0.05, 0.1) is 0 Å². The van der Waals surface area contributed by atoms with Gasteiger partial charge < -0.3 is 25.6 Å². The second-order valence-electron chi connectivity index (χ2n) is 6.23. The van der Waals surface area contributed by atoms with Crippen LogP contribution in [-0.2, 0) is 9.53 Å². The van der Waals surface area contributed by atoms with Gasteiger partial charge in [-0.15, -0.1) is 24.0 Å². The van der Waals surface area contributed by atoms with Crippen LogP contribution in [0.3, 0.4) is 0 Å². The van der Waals surface area contributed by atoms with Crippen molar-refractivity contribution in [1.82, 2.24) is 15.5 Å². The van der Waals surface area contributed by atoms with Gasteiger partial charge in [0.25, 0.3) is 0 Å². The topological polar surface area (TPSA) is 78.0 Å². The summed E-state index contributed by atoms with van der Waals surface area (Å²) in [5.41, 5.74) is 0.754. The lowest BCUT2D eigenvalue weighted by molar-refractivity contribution is -0.116. The molecule has 7 nitrogen and oxygen atoms in total. The minimum Gasteiger partial charge on any atom is -0.385 e. The second kappa shape index (κ2) is 16.8. The average Bonchev–Trinajstić information content (AvgIpc) is 2.65. The summed E-state index contributed by atoms with van der Waals surface area (Å²) >= 11 is 5.83. The number of hydrogen-bond acceptors (Lipinski definition) is 4. The molecule has 0 aliphatic rings. The maximum Gasteiger partial charge on any atom is 0.224 e. The van der Waals surface area contributed by atoms with Gasteiger partial charge in [-0.3, -0.25) is 9.79 Å². The fourth-order valence-electron chi connectivity index (χ4n) is 2.39. The maximum atomic E-state index is 11.9. The predicted molar refractivity (Wildman–Crippen MR) is 128 cm³/mol. The fourth-order valence-corrected chi connectivity index (χ4v) is 2.51. The van der Waals surface area contributed by atoms with E-state index in [9.17, 15) is 4.79 Å². The van der Waals surface area contributed by atoms with Gasteiger partial charge in [-0.2, -0.15) is 0 Å². The van der Waals surface area contributed by atoms with E-state index in [2.05, 4.69) is 32.9 Å². The van der Waals surface area contributed by atoms with Crippen molar-refractivity contribution in [2.45, 2.75) is 19.3 Å². The molecule has 0 atom stereocenters. The van der Waals surface area contributed by atoms with E-state index < -0.39 is 0 Å². The fraction of sp³-hybridized carbons (Fsp3) is 0.579. The number of nitrogens with zero attached hydrogens (tertiary/aromatic N) is 2. The summed E-state index contributed by atoms with van der Waals surface area (Å²) in [6, 6.07) is 7.08. The van der Waals surface area contributed by atoms with Crippen LogP contribution in [0.5, 0.6) is 0 Å². The number of carbonyl (C=O) groups is 1. The number of rotatable bonds is 12. The first-order valence-electron chi connectivity index (χ1n) is 9.22. The second-order valence-corrected chi connectivity index (χ2v) is 6.67. The molecule has 1 amide bonds. The summed E-state index contributed by atoms with van der Waals surface area (Å²) in [6.45, 7) is 4.20. The van der Waals surface area contributed by atoms with Crippen LogP contribution < -0.4 is 16.0 Å². The minimum atomic E-state index is -0.0141. The summed E-state index contributed by atoms with van der Waals surface area (Å²) in [5.74, 6) is 0.734. The Hall–Kier alpha value is -1.10. The zero-order valence-corrected chi connectivity index (χ0v) is 20.0. The van der Waals surface area contributed by atoms with E-state index in [0.29, 0.717) is 18.0 Å². The van der Waals surface area contributed by atoms with Crippen molar-refractivity contribution in [3.8, 4) is 0 Å². The van der Waals surface area contributed by atoms with Gasteiger partial charge in [0.2, 0.25) is 5.91 Å². The molecule has 160 valence electrons. The number of guanidine groups is 1. The van der Waals surface area contributed by atoms with Crippen molar-refractivity contribution in [3.63, 3.8) is 0 Å². The number of hydrogen-bond donors (Lipinski definition) is 3. The molecule has 3 N–H and O–H groups in total. The quantitative estimate of drug-likeness (QED) is 0.169. The number of methoxy groups -OCH3 is 1. The van der Waals surface area contributed by atoms with Crippen molar-refractivity contribution in [2.75, 3.05) is 59.3 Å². The van der Waals surface area contributed by atoms with E-state index in [-0.39, 0.29) is 29.9 Å². The third-order valence-corrected chi connectivity index (χ3v) is 4.15. The lowest BCUT2D eigenvalue weighted by Crippen LogP contribution is -2.41. The zero-order valence-electron chi connectivity index (χ0n) is 17.0. The number of halogens is 2. The highest BCUT2D eigenvalue weighted by atomic mass is 127. The number of carbonyl (C=O) groups excluding carboxylic acids is 1. The van der Waals surface area contributed by atoms with Gasteiger partial charge in [0, 0.05) is 64.1 Å². The molecule has 0 bridgehead atoms. The molecule has 0 radical (unpaired) electrons. The van der Waals surface area contributed by atoms with Crippen molar-refractivity contribution in [2.24, 2.45) is 4.99 Å². The van der Waals surface area contributed by atoms with Crippen molar-refractivity contribution < 1.29 is 9.53 Å². The Morgan fingerprint density at radius 2 is 1.82 bits per heavy atom. The zero-order chi connectivity index (χ0) is 19.9. The lowest BCUT2D eigenvalue weighted by Gasteiger charge is -2.18. The van der Waals surface area contributed by atoms with Gasteiger partial charge in [0.1, 0.15) is 0 Å². The molecule has 0 aliphatic heterocycles. The van der Waals surface area contributed by atoms with Crippen LogP contribution in [-0.4, -0.2) is 70.8 Å². The Balaban J connectivity index is 0.00000729. The van der Waals surface area contributed by atoms with E-state index in [0.717, 1.165) is 50.7 Å². The molecule has 28 heavy (non-hydrogen) atoms. The monoisotopic (exact) mass is 525 g/mol. The molecule has 1 aromatic carbocycles. The molecule has 0 spiro atoms. The number of nitrogens with one attached hydrogen (secondary N) is 3. The summed E-state index contributed by atoms with van der Waals surface area (Å²) in [6.07, 6.45) is 2.18. The average molecular weight is 526 g/mol. The van der Waals surface area contributed by atoms with E-state index in [1.807, 2.05) is 0 Å². The highest BCUT2D eigenvalue weighted by Crippen LogP contribution is 2.13. The van der Waals surface area contributed by atoms with Crippen LogP contribution >= 0.6 is 35.6 Å². The van der Waals surface area contributed by atoms with Crippen LogP contribution in [0, 0.1) is 0 Å². The standard InChI is InChI=1S/C19H32ClN5O2.HI/c1-21-19(23-12-14-25(2)13-5-15-27-3)22-11-4-6-18(26)24-17-9-7-16(20)8-10-17;/h7-10H,4-6,11-15H2,1-3H3,(H,24,26)(H2,21,22,23);1H. The Labute approximate surface area is 190 Å². The Morgan fingerprint density at radius 3 is 2.46 bits per heavy atom. The Bertz CT molecular complexity index is 572. The number of amides is 1. The highest BCUT2D eigenvalue weighted by molar-refractivity contribution is 14.0. The Kier molecular flexibility index (Phi) is 16.2. The number of ether oxygens (including phenoxy) is 1. The molecule has 0 unspecified atom stereocenters. The molecular formula is C19H33ClIN5O2. The maximum absolute atomic E-state index is 11.9. The normalized spacial score (nSPS) is 11.1. The van der Waals surface area contributed by atoms with Gasteiger partial charge >= 0.3 is 0 Å². The smallest absolute Gasteiger partial charge is 0.224 e. The predicted octanol–water partition coefficient (Wildman–Crippen LogP) is 2.81. The van der Waals surface area contributed by atoms with Crippen LogP contribution in [0.25, 0.3) is 0 Å². The molecule has 0 saturated heterocycles. The molecule has 0 aromatic heterocycles. The first-order valence-corrected chi connectivity index (χ1v) is 9.60. The van der Waals surface area contributed by atoms with Crippen LogP contribution in [0.15, 0.2) is 29.3 Å². The minimum absolute atomic E-state index is 0. The molecule has 1 aromatic rings. The van der Waals surface area contributed by atoms with Crippen molar-refractivity contribution in [3.05, 3.63) is 29.3 Å². The third kappa shape index (κ3) is 13.1. The first kappa shape index (κ1) is 26.9. The summed E-state index contributed by atoms with van der Waals surface area (Å²) < 4.78 is 5.06. The van der Waals surface area contributed by atoms with E-state index in [4.69, 9.17) is 16.3 Å². The van der Waals surface area contributed by atoms with Gasteiger partial charge in [-0.25, -0.2) is 0 Å². The van der Waals surface area contributed by atoms with E-state index in [1.54, 1.807) is 38.4 Å². The molecule has 9 heteroatoms. The molecule has 0 heterocycles. The SMILES string of the molecule is CN=C(NCCCC(=O)Nc1ccc(Cl)cc1)NCCN(C)CCCOC.I. The summed E-state index contributed by atoms with van der Waals surface area (Å²) in [7, 11) is 5.55. The number of benzene rings is 1. The molecule has 0 fully saturated rings. The Morgan fingerprint density at radius 1 is 1.14 bits per heavy atom. The number of aliphatic imine (C=N–C) groups is 1. The largest absolute Gasteiger partial charge is 0.385 e. The third-order valence-electron chi connectivity index (χ3n) is 3.90. The molecule has 0 saturated carbocycles. The van der Waals surface area contributed by atoms with Gasteiger partial charge in [-0.1, -0.05) is 11.6 Å². The van der Waals surface area contributed by atoms with Gasteiger partial charge in [0.15, 0.2) is 5.96 Å². The number of anilines is 1. The summed E-state index contributed by atoms with van der Waals surface area (Å²) in [4.78, 5) is 18.4.